The van der Waals surface area contributed by atoms with Crippen LogP contribution in [0, 0.1) is 0 Å². The lowest BCUT2D eigenvalue weighted by molar-refractivity contribution is -0.0952. The predicted octanol–water partition coefficient (Wildman–Crippen LogP) is 1.70. The molecule has 1 rings (SSSR count). The molecule has 0 atom stereocenters. The van der Waals surface area contributed by atoms with Crippen LogP contribution in [0.15, 0.2) is 29.8 Å². The third-order valence-electron chi connectivity index (χ3n) is 0.931. The third-order valence-corrected chi connectivity index (χ3v) is 0.931. The topological polar surface area (TPSA) is 12.0 Å². The van der Waals surface area contributed by atoms with E-state index in [0.717, 1.165) is 0 Å². The van der Waals surface area contributed by atoms with E-state index in [1.54, 1.807) is 0 Å². The highest BCUT2D eigenvalue weighted by Gasteiger charge is 2.33. The molecule has 1 aliphatic heterocycles. The Morgan fingerprint density at radius 1 is 1.40 bits per heavy atom. The normalized spacial score (nSPS) is 16.5. The molecule has 0 saturated carbocycles. The van der Waals surface area contributed by atoms with Gasteiger partial charge in [0.25, 0.3) is 0 Å². The fraction of sp³-hybridized carbons (Fsp3) is 0.167. The van der Waals surface area contributed by atoms with E-state index in [4.69, 9.17) is 0 Å². The maximum absolute atomic E-state index is 11.7. The van der Waals surface area contributed by atoms with Gasteiger partial charge in [-0.05, 0) is 12.2 Å². The minimum Gasteiger partial charge on any atom is -0.351 e. The predicted molar refractivity (Wildman–Crippen MR) is 29.9 cm³/mol. The summed E-state index contributed by atoms with van der Waals surface area (Å²) in [4.78, 5) is 0. The fourth-order valence-corrected chi connectivity index (χ4v) is 0.516. The molecule has 0 aromatic heterocycles. The largest absolute Gasteiger partial charge is 0.438 e. The van der Waals surface area contributed by atoms with E-state index in [9.17, 15) is 13.2 Å². The van der Waals surface area contributed by atoms with Gasteiger partial charge in [-0.2, -0.15) is 13.2 Å². The molecule has 54 valence electrons. The number of alkyl halides is 3. The van der Waals surface area contributed by atoms with Gasteiger partial charge in [-0.1, -0.05) is 5.73 Å². The van der Waals surface area contributed by atoms with E-state index in [-0.39, 0.29) is 0 Å². The standard InChI is InChI=1S/C6H4F3N/c7-6(8,9)5-3-1-2-4-10-5/h1-2,4,10H. The molecule has 0 aromatic carbocycles. The second-order valence-corrected chi connectivity index (χ2v) is 1.69. The minimum atomic E-state index is -4.32. The summed E-state index contributed by atoms with van der Waals surface area (Å²) in [6, 6.07) is 0. The van der Waals surface area contributed by atoms with E-state index in [0.29, 0.717) is 0 Å². The minimum absolute atomic E-state index is 0.852. The Labute approximate surface area is 55.5 Å². The maximum Gasteiger partial charge on any atom is 0.438 e. The van der Waals surface area contributed by atoms with Gasteiger partial charge in [-0.25, -0.2) is 0 Å². The number of hydrogen-bond donors (Lipinski definition) is 1. The summed E-state index contributed by atoms with van der Waals surface area (Å²) < 4.78 is 35.2. The Balaban J connectivity index is 2.86. The zero-order valence-corrected chi connectivity index (χ0v) is 4.87. The van der Waals surface area contributed by atoms with Gasteiger partial charge in [-0.15, -0.1) is 0 Å². The highest BCUT2D eigenvalue weighted by Crippen LogP contribution is 2.22. The maximum atomic E-state index is 11.7. The van der Waals surface area contributed by atoms with Crippen molar-refractivity contribution in [3.05, 3.63) is 29.8 Å². The van der Waals surface area contributed by atoms with Crippen LogP contribution in [-0.2, 0) is 0 Å². The molecule has 0 saturated heterocycles. The van der Waals surface area contributed by atoms with Crippen molar-refractivity contribution in [2.75, 3.05) is 0 Å². The SMILES string of the molecule is FC(F)(F)C1=C=CC=CN1. The summed E-state index contributed by atoms with van der Waals surface area (Å²) in [6.45, 7) is 0. The first-order chi connectivity index (χ1) is 4.61. The molecule has 0 spiro atoms. The Morgan fingerprint density at radius 2 is 2.10 bits per heavy atom. The lowest BCUT2D eigenvalue weighted by Crippen LogP contribution is -2.22. The second kappa shape index (κ2) is 2.23. The van der Waals surface area contributed by atoms with Crippen molar-refractivity contribution < 1.29 is 13.2 Å². The lowest BCUT2D eigenvalue weighted by atomic mass is 10.3. The summed E-state index contributed by atoms with van der Waals surface area (Å²) in [6.07, 6.45) is -0.463. The molecule has 0 bridgehead atoms. The van der Waals surface area contributed by atoms with Crippen molar-refractivity contribution >= 4 is 0 Å². The molecule has 1 N–H and O–H groups in total. The molecule has 0 aromatic rings. The van der Waals surface area contributed by atoms with Crippen LogP contribution in [-0.4, -0.2) is 6.18 Å². The fourth-order valence-electron chi connectivity index (χ4n) is 0.516. The van der Waals surface area contributed by atoms with Crippen LogP contribution in [0.5, 0.6) is 0 Å². The molecule has 0 unspecified atom stereocenters. The van der Waals surface area contributed by atoms with Crippen molar-refractivity contribution in [3.8, 4) is 0 Å². The second-order valence-electron chi connectivity index (χ2n) is 1.69. The first-order valence-electron chi connectivity index (χ1n) is 2.56. The average molecular weight is 147 g/mol. The lowest BCUT2D eigenvalue weighted by Gasteiger charge is -2.09. The van der Waals surface area contributed by atoms with E-state index < -0.39 is 11.9 Å². The summed E-state index contributed by atoms with van der Waals surface area (Å²) >= 11 is 0. The van der Waals surface area contributed by atoms with Gasteiger partial charge in [0, 0.05) is 6.20 Å². The van der Waals surface area contributed by atoms with Crippen molar-refractivity contribution in [1.82, 2.24) is 5.32 Å². The molecule has 0 fully saturated rings. The zero-order valence-electron chi connectivity index (χ0n) is 4.87. The highest BCUT2D eigenvalue weighted by atomic mass is 19.4. The summed E-state index contributed by atoms with van der Waals surface area (Å²) in [5.41, 5.74) is 1.18. The Morgan fingerprint density at radius 3 is 2.40 bits per heavy atom. The van der Waals surface area contributed by atoms with Crippen molar-refractivity contribution in [1.29, 1.82) is 0 Å². The van der Waals surface area contributed by atoms with Gasteiger partial charge in [0.2, 0.25) is 0 Å². The van der Waals surface area contributed by atoms with Gasteiger partial charge in [-0.3, -0.25) is 0 Å². The summed E-state index contributed by atoms with van der Waals surface area (Å²) in [5, 5.41) is 2.03. The molecule has 1 nitrogen and oxygen atoms in total. The van der Waals surface area contributed by atoms with Crippen LogP contribution >= 0.6 is 0 Å². The Bertz CT molecular complexity index is 218. The molecule has 0 radical (unpaired) electrons. The van der Waals surface area contributed by atoms with Gasteiger partial charge in [0.1, 0.15) is 0 Å². The zero-order chi connectivity index (χ0) is 7.61. The van der Waals surface area contributed by atoms with Crippen LogP contribution in [0.2, 0.25) is 0 Å². The van der Waals surface area contributed by atoms with Crippen molar-refractivity contribution in [2.45, 2.75) is 6.18 Å². The third kappa shape index (κ3) is 1.42. The summed E-state index contributed by atoms with van der Waals surface area (Å²) in [7, 11) is 0. The number of rotatable bonds is 0. The number of allylic oxidation sites excluding steroid dienone is 2. The molecular formula is C6H4F3N. The van der Waals surface area contributed by atoms with Crippen LogP contribution in [0.3, 0.4) is 0 Å². The smallest absolute Gasteiger partial charge is 0.351 e. The van der Waals surface area contributed by atoms with Crippen LogP contribution < -0.4 is 5.32 Å². The molecular weight excluding hydrogens is 143 g/mol. The van der Waals surface area contributed by atoms with Crippen LogP contribution in [0.25, 0.3) is 0 Å². The van der Waals surface area contributed by atoms with Gasteiger partial charge in [0.05, 0.1) is 0 Å². The number of nitrogens with one attached hydrogen (secondary N) is 1. The highest BCUT2D eigenvalue weighted by molar-refractivity contribution is 5.18. The molecule has 10 heavy (non-hydrogen) atoms. The average Bonchev–Trinajstić information content (AvgIpc) is 1.88. The van der Waals surface area contributed by atoms with Crippen LogP contribution in [0.4, 0.5) is 13.2 Å². The Hall–Kier alpha value is -1.15. The molecule has 0 amide bonds. The number of hydrogen-bond acceptors (Lipinski definition) is 1. The Kier molecular flexibility index (Phi) is 1.55. The molecule has 4 heteroatoms. The molecule has 1 aliphatic rings. The summed E-state index contributed by atoms with van der Waals surface area (Å²) in [5.74, 6) is 0. The van der Waals surface area contributed by atoms with Crippen LogP contribution in [0.1, 0.15) is 0 Å². The first-order valence-corrected chi connectivity index (χ1v) is 2.56. The molecule has 1 heterocycles. The van der Waals surface area contributed by atoms with Gasteiger partial charge in [0.15, 0.2) is 5.70 Å². The van der Waals surface area contributed by atoms with E-state index in [1.165, 1.54) is 18.4 Å². The van der Waals surface area contributed by atoms with Gasteiger partial charge >= 0.3 is 6.18 Å². The monoisotopic (exact) mass is 147 g/mol. The molecule has 0 aliphatic carbocycles. The quantitative estimate of drug-likeness (QED) is 0.514. The van der Waals surface area contributed by atoms with Crippen molar-refractivity contribution in [2.24, 2.45) is 0 Å². The first kappa shape index (κ1) is 6.96. The van der Waals surface area contributed by atoms with E-state index in [1.807, 2.05) is 11.0 Å². The van der Waals surface area contributed by atoms with Crippen molar-refractivity contribution in [3.63, 3.8) is 0 Å². The van der Waals surface area contributed by atoms with Gasteiger partial charge < -0.3 is 5.32 Å². The van der Waals surface area contributed by atoms with E-state index >= 15 is 0 Å². The van der Waals surface area contributed by atoms with E-state index in [2.05, 4.69) is 0 Å². The number of halogens is 3.